The molecule has 0 aliphatic heterocycles. The predicted octanol–water partition coefficient (Wildman–Crippen LogP) is 40.4. The number of para-hydroxylation sites is 6. The maximum atomic E-state index is 14.3. The minimum atomic E-state index is -0.266. The van der Waals surface area contributed by atoms with Gasteiger partial charge in [-0.25, -0.2) is 13.6 Å². The molecule has 8 nitrogen and oxygen atoms in total. The fourth-order valence-corrected chi connectivity index (χ4v) is 21.8. The molecule has 24 aromatic carbocycles. The standard InChI is InChI=1S/C48H44N2.C46H38F2N2.C42H26N4/c1-31(2)43-29-45(49(35-13-9-7-10-14-35)37-21-17-33(5)18-22-37)41-28-26-40-44(32(3)4)30-46(42-27-25-39(43)47(41)48(40)42)50(36-15-11-8-12-16-36)38-23-19-34(6)20-24-38;1-29(2)41-27-43(49(33-11-7-5-8-12-33)35-19-15-31(47)16-20-35)39-26-24-38-42(30(3)4)28-44(40-25-23-37(41)45(39)46(38)40)50(34-13-9-6-10-14-34)36-21-17-32(48)18-22-36;1-44-32-18-22-36(23-19-32)46(34-10-6-3-7-11-34)40-27-17-31-14-24-37-39(26-16-30-15-25-38(40)42(31)41(30)37)45(33-8-4-2-5-9-33)35-20-12-29(28-43)13-21-35/h7-32H,1-6H3;5-30H,1-4H3;2-27H. The van der Waals surface area contributed by atoms with Gasteiger partial charge in [0.05, 0.1) is 52.3 Å². The second kappa shape index (κ2) is 39.5. The van der Waals surface area contributed by atoms with E-state index >= 15 is 0 Å². The Bertz CT molecular complexity index is 8070. The highest BCUT2D eigenvalue weighted by Gasteiger charge is 2.32. The summed E-state index contributed by atoms with van der Waals surface area (Å²) in [5.41, 5.74) is 28.1. The van der Waals surface area contributed by atoms with Crippen molar-refractivity contribution in [2.75, 3.05) is 29.4 Å². The predicted molar refractivity (Wildman–Crippen MR) is 615 cm³/mol. The minimum Gasteiger partial charge on any atom is -0.310 e. The Balaban J connectivity index is 0.000000125. The number of aryl methyl sites for hydroxylation is 2. The van der Waals surface area contributed by atoms with E-state index in [1.807, 2.05) is 121 Å². The Morgan fingerprint density at radius 1 is 0.219 bits per heavy atom. The summed E-state index contributed by atoms with van der Waals surface area (Å²) in [5.74, 6) is 0.634. The van der Waals surface area contributed by atoms with Crippen molar-refractivity contribution in [2.45, 2.75) is 92.9 Å². The Hall–Kier alpha value is -18.0. The van der Waals surface area contributed by atoms with Gasteiger partial charge in [-0.2, -0.15) is 5.26 Å². The summed E-state index contributed by atoms with van der Waals surface area (Å²) in [6.45, 7) is 30.1. The van der Waals surface area contributed by atoms with Crippen LogP contribution in [0.2, 0.25) is 0 Å². The van der Waals surface area contributed by atoms with E-state index in [0.29, 0.717) is 23.1 Å². The summed E-state index contributed by atoms with van der Waals surface area (Å²) in [6, 6.07) is 158. The van der Waals surface area contributed by atoms with Crippen LogP contribution in [0.5, 0.6) is 0 Å². The molecular formula is C136H108F2N8. The van der Waals surface area contributed by atoms with E-state index in [-0.39, 0.29) is 23.5 Å². The van der Waals surface area contributed by atoms with Gasteiger partial charge in [-0.05, 0) is 343 Å². The normalized spacial score (nSPS) is 11.5. The third-order valence-corrected chi connectivity index (χ3v) is 28.7. The van der Waals surface area contributed by atoms with Crippen molar-refractivity contribution in [3.63, 3.8) is 0 Å². The molecule has 0 N–H and O–H groups in total. The van der Waals surface area contributed by atoms with Crippen LogP contribution >= 0.6 is 0 Å². The monoisotopic (exact) mass is 1890 g/mol. The van der Waals surface area contributed by atoms with Crippen LogP contribution < -0.4 is 29.4 Å². The number of benzene rings is 24. The van der Waals surface area contributed by atoms with Crippen LogP contribution in [0.25, 0.3) is 102 Å². The van der Waals surface area contributed by atoms with Crippen LogP contribution in [-0.4, -0.2) is 0 Å². The van der Waals surface area contributed by atoms with Gasteiger partial charge in [0, 0.05) is 101 Å². The van der Waals surface area contributed by atoms with Crippen LogP contribution in [0, 0.1) is 43.4 Å². The van der Waals surface area contributed by atoms with Gasteiger partial charge in [0.15, 0.2) is 5.69 Å². The van der Waals surface area contributed by atoms with Crippen molar-refractivity contribution in [1.82, 2.24) is 0 Å². The third kappa shape index (κ3) is 17.2. The molecule has 0 unspecified atom stereocenters. The second-order valence-electron chi connectivity index (χ2n) is 39.2. The van der Waals surface area contributed by atoms with Crippen molar-refractivity contribution < 1.29 is 8.78 Å². The molecule has 0 bridgehead atoms. The van der Waals surface area contributed by atoms with Crippen molar-refractivity contribution in [3.05, 3.63) is 511 Å². The van der Waals surface area contributed by atoms with Gasteiger partial charge in [-0.15, -0.1) is 0 Å². The first kappa shape index (κ1) is 93.0. The quantitative estimate of drug-likeness (QED) is 0.0495. The van der Waals surface area contributed by atoms with Gasteiger partial charge < -0.3 is 29.4 Å². The molecule has 0 saturated heterocycles. The summed E-state index contributed by atoms with van der Waals surface area (Å²) in [7, 11) is 0. The summed E-state index contributed by atoms with van der Waals surface area (Å²) in [5, 5.41) is 31.5. The molecule has 0 heterocycles. The maximum absolute atomic E-state index is 14.3. The van der Waals surface area contributed by atoms with E-state index in [1.54, 1.807) is 0 Å². The molecule has 146 heavy (non-hydrogen) atoms. The summed E-state index contributed by atoms with van der Waals surface area (Å²) >= 11 is 0. The summed E-state index contributed by atoms with van der Waals surface area (Å²) in [4.78, 5) is 17.5. The number of hydrogen-bond acceptors (Lipinski definition) is 7. The fourth-order valence-electron chi connectivity index (χ4n) is 21.8. The van der Waals surface area contributed by atoms with E-state index in [2.05, 4.69) is 413 Å². The molecule has 0 aliphatic rings. The number of nitriles is 1. The molecule has 0 spiro atoms. The first-order valence-corrected chi connectivity index (χ1v) is 50.3. The smallest absolute Gasteiger partial charge is 0.187 e. The van der Waals surface area contributed by atoms with E-state index in [0.717, 1.165) is 113 Å². The molecule has 0 radical (unpaired) electrons. The SMILES string of the molecule is CC(C)c1cc(N(c2ccccc2)c2ccc(F)cc2)c2ccc3c(C(C)C)cc(N(c4ccccc4)c4ccc(F)cc4)c4ccc1c2c34.Cc1ccc(N(c2ccccc2)c2cc(C(C)C)c3ccc4c(N(c5ccccc5)c5ccc(C)cc5)cc(C(C)C)c5ccc2c3c54)cc1.[C-]#[N+]c1ccc(N(c2ccccc2)c2ccc3ccc4c(N(c5ccccc5)c5ccc(C#N)cc5)ccc5ccc2c3c54)cc1. The lowest BCUT2D eigenvalue weighted by Gasteiger charge is -2.31. The molecule has 0 amide bonds. The third-order valence-electron chi connectivity index (χ3n) is 28.7. The van der Waals surface area contributed by atoms with Crippen LogP contribution in [0.1, 0.15) is 118 Å². The molecule has 0 atom stereocenters. The lowest BCUT2D eigenvalue weighted by Crippen LogP contribution is -2.13. The molecule has 0 saturated carbocycles. The molecule has 0 fully saturated rings. The van der Waals surface area contributed by atoms with Crippen LogP contribution in [0.3, 0.4) is 0 Å². The molecule has 10 heteroatoms. The van der Waals surface area contributed by atoms with E-state index in [1.165, 1.54) is 144 Å². The average molecular weight is 1890 g/mol. The highest BCUT2D eigenvalue weighted by atomic mass is 19.1. The highest BCUT2D eigenvalue weighted by molar-refractivity contribution is 6.32. The zero-order chi connectivity index (χ0) is 100. The molecule has 0 aromatic heterocycles. The molecule has 24 rings (SSSR count). The number of nitrogens with zero attached hydrogens (tertiary/aromatic N) is 8. The maximum Gasteiger partial charge on any atom is 0.187 e. The van der Waals surface area contributed by atoms with Crippen molar-refractivity contribution in [2.24, 2.45) is 0 Å². The van der Waals surface area contributed by atoms with Crippen molar-refractivity contribution in [3.8, 4) is 6.07 Å². The first-order valence-electron chi connectivity index (χ1n) is 50.3. The average Bonchev–Trinajstić information content (AvgIpc) is 0.689. The lowest BCUT2D eigenvalue weighted by molar-refractivity contribution is 0.627. The molecule has 0 aliphatic carbocycles. The van der Waals surface area contributed by atoms with Crippen LogP contribution in [0.4, 0.5) is 117 Å². The number of rotatable bonds is 22. The number of anilines is 18. The fraction of sp³-hybridized carbons (Fsp3) is 0.103. The Morgan fingerprint density at radius 2 is 0.418 bits per heavy atom. The summed E-state index contributed by atoms with van der Waals surface area (Å²) < 4.78 is 28.6. The van der Waals surface area contributed by atoms with Gasteiger partial charge in [-0.1, -0.05) is 297 Å². The zero-order valence-electron chi connectivity index (χ0n) is 83.4. The minimum absolute atomic E-state index is 0.244. The topological polar surface area (TPSA) is 47.6 Å². The molecule has 24 aromatic rings. The molecular weight excluding hydrogens is 1780 g/mol. The second-order valence-corrected chi connectivity index (χ2v) is 39.2. The Morgan fingerprint density at radius 3 is 0.658 bits per heavy atom. The van der Waals surface area contributed by atoms with E-state index < -0.39 is 0 Å². The Labute approximate surface area is 852 Å². The first-order chi connectivity index (χ1) is 71.3. The van der Waals surface area contributed by atoms with Crippen molar-refractivity contribution >= 4 is 205 Å². The summed E-state index contributed by atoms with van der Waals surface area (Å²) in [6.07, 6.45) is 0. The van der Waals surface area contributed by atoms with Crippen LogP contribution in [0.15, 0.2) is 449 Å². The molecule has 706 valence electrons. The van der Waals surface area contributed by atoms with Gasteiger partial charge in [0.2, 0.25) is 0 Å². The number of hydrogen-bond donors (Lipinski definition) is 0. The van der Waals surface area contributed by atoms with Gasteiger partial charge in [-0.3, -0.25) is 0 Å². The van der Waals surface area contributed by atoms with Crippen LogP contribution in [-0.2, 0) is 0 Å². The Kier molecular flexibility index (Phi) is 25.2. The van der Waals surface area contributed by atoms with Crippen molar-refractivity contribution in [1.29, 1.82) is 5.26 Å². The largest absolute Gasteiger partial charge is 0.310 e. The van der Waals surface area contributed by atoms with E-state index in [9.17, 15) is 14.0 Å². The van der Waals surface area contributed by atoms with E-state index in [4.69, 9.17) is 6.57 Å². The zero-order valence-corrected chi connectivity index (χ0v) is 83.4. The van der Waals surface area contributed by atoms with Gasteiger partial charge >= 0.3 is 0 Å². The lowest BCUT2D eigenvalue weighted by atomic mass is 9.84. The van der Waals surface area contributed by atoms with Gasteiger partial charge in [0.1, 0.15) is 11.6 Å². The van der Waals surface area contributed by atoms with Gasteiger partial charge in [0.25, 0.3) is 0 Å². The highest BCUT2D eigenvalue weighted by Crippen LogP contribution is 2.56. The number of halogens is 2.